The quantitative estimate of drug-likeness (QED) is 0.564. The highest BCUT2D eigenvalue weighted by atomic mass is 32.2. The molecule has 1 atom stereocenters. The van der Waals surface area contributed by atoms with Crippen molar-refractivity contribution in [2.45, 2.75) is 23.8 Å². The van der Waals surface area contributed by atoms with E-state index in [-0.39, 0.29) is 0 Å². The second kappa shape index (κ2) is 7.71. The smallest absolute Gasteiger partial charge is 0.0318 e. The van der Waals surface area contributed by atoms with Crippen LogP contribution in [0.1, 0.15) is 24.4 Å². The van der Waals surface area contributed by atoms with Crippen molar-refractivity contribution in [2.75, 3.05) is 26.9 Å². The Morgan fingerprint density at radius 2 is 1.88 bits per heavy atom. The van der Waals surface area contributed by atoms with Gasteiger partial charge in [0.05, 0.1) is 0 Å². The van der Waals surface area contributed by atoms with Crippen molar-refractivity contribution in [1.29, 1.82) is 0 Å². The van der Waals surface area contributed by atoms with E-state index in [1.165, 1.54) is 23.3 Å². The Bertz CT molecular complexity index is 284. The van der Waals surface area contributed by atoms with Crippen LogP contribution in [0.25, 0.3) is 0 Å². The summed E-state index contributed by atoms with van der Waals surface area (Å²) in [4.78, 5) is 1.33. The summed E-state index contributed by atoms with van der Waals surface area (Å²) in [5, 5.41) is 6.57. The van der Waals surface area contributed by atoms with Gasteiger partial charge in [-0.05, 0) is 57.4 Å². The molecule has 2 N–H and O–H groups in total. The van der Waals surface area contributed by atoms with E-state index in [1.54, 1.807) is 11.8 Å². The summed E-state index contributed by atoms with van der Waals surface area (Å²) >= 11 is 1.79. The van der Waals surface area contributed by atoms with Crippen LogP contribution in [0.4, 0.5) is 0 Å². The van der Waals surface area contributed by atoms with Gasteiger partial charge >= 0.3 is 0 Å². The Hall–Kier alpha value is -0.510. The van der Waals surface area contributed by atoms with E-state index in [4.69, 9.17) is 0 Å². The molecule has 0 amide bonds. The van der Waals surface area contributed by atoms with Gasteiger partial charge < -0.3 is 10.6 Å². The molecular formula is C13H22N2S. The normalized spacial score (nSPS) is 12.7. The topological polar surface area (TPSA) is 24.1 Å². The zero-order valence-electron chi connectivity index (χ0n) is 10.4. The molecule has 3 heteroatoms. The van der Waals surface area contributed by atoms with E-state index in [0.717, 1.165) is 6.54 Å². The molecule has 1 rings (SSSR count). The zero-order valence-corrected chi connectivity index (χ0v) is 11.2. The summed E-state index contributed by atoms with van der Waals surface area (Å²) in [5.74, 6) is 0. The standard InChI is InChI=1S/C13H22N2S/c1-14-10-4-5-13(15-2)11-6-8-12(16-3)9-7-11/h6-9,13-15H,4-5,10H2,1-3H3. The minimum absolute atomic E-state index is 0.476. The van der Waals surface area contributed by atoms with E-state index in [0.29, 0.717) is 6.04 Å². The highest BCUT2D eigenvalue weighted by molar-refractivity contribution is 7.98. The van der Waals surface area contributed by atoms with Crippen molar-refractivity contribution < 1.29 is 0 Å². The maximum atomic E-state index is 3.38. The molecule has 0 aromatic heterocycles. The Morgan fingerprint density at radius 3 is 2.38 bits per heavy atom. The maximum Gasteiger partial charge on any atom is 0.0318 e. The molecule has 0 spiro atoms. The first-order valence-electron chi connectivity index (χ1n) is 5.77. The largest absolute Gasteiger partial charge is 0.320 e. The SMILES string of the molecule is CNCCCC(NC)c1ccc(SC)cc1. The number of rotatable bonds is 7. The maximum absolute atomic E-state index is 3.38. The molecule has 16 heavy (non-hydrogen) atoms. The average molecular weight is 238 g/mol. The van der Waals surface area contributed by atoms with Crippen molar-refractivity contribution in [2.24, 2.45) is 0 Å². The molecule has 0 aliphatic rings. The van der Waals surface area contributed by atoms with Crippen LogP contribution in [-0.2, 0) is 0 Å². The lowest BCUT2D eigenvalue weighted by Crippen LogP contribution is -2.18. The fraction of sp³-hybridized carbons (Fsp3) is 0.538. The zero-order chi connectivity index (χ0) is 11.8. The van der Waals surface area contributed by atoms with Gasteiger partial charge in [0, 0.05) is 10.9 Å². The third-order valence-electron chi connectivity index (χ3n) is 2.79. The van der Waals surface area contributed by atoms with Gasteiger partial charge in [0.1, 0.15) is 0 Å². The van der Waals surface area contributed by atoms with Gasteiger partial charge in [-0.25, -0.2) is 0 Å². The van der Waals surface area contributed by atoms with Crippen LogP contribution in [-0.4, -0.2) is 26.9 Å². The van der Waals surface area contributed by atoms with Gasteiger partial charge in [0.2, 0.25) is 0 Å². The molecular weight excluding hydrogens is 216 g/mol. The van der Waals surface area contributed by atoms with Crippen molar-refractivity contribution in [3.63, 3.8) is 0 Å². The monoisotopic (exact) mass is 238 g/mol. The van der Waals surface area contributed by atoms with E-state index in [2.05, 4.69) is 41.2 Å². The van der Waals surface area contributed by atoms with E-state index in [1.807, 2.05) is 14.1 Å². The lowest BCUT2D eigenvalue weighted by atomic mass is 10.0. The average Bonchev–Trinajstić information content (AvgIpc) is 2.35. The first-order valence-corrected chi connectivity index (χ1v) is 7.00. The van der Waals surface area contributed by atoms with Crippen LogP contribution >= 0.6 is 11.8 Å². The predicted molar refractivity (Wildman–Crippen MR) is 73.2 cm³/mol. The second-order valence-corrected chi connectivity index (χ2v) is 4.74. The number of hydrogen-bond acceptors (Lipinski definition) is 3. The van der Waals surface area contributed by atoms with Gasteiger partial charge in [0.25, 0.3) is 0 Å². The highest BCUT2D eigenvalue weighted by Crippen LogP contribution is 2.21. The molecule has 0 aliphatic heterocycles. The minimum Gasteiger partial charge on any atom is -0.320 e. The molecule has 0 radical (unpaired) electrons. The van der Waals surface area contributed by atoms with Crippen LogP contribution in [0.2, 0.25) is 0 Å². The first-order chi connectivity index (χ1) is 7.81. The summed E-state index contributed by atoms with van der Waals surface area (Å²) in [7, 11) is 4.04. The molecule has 1 unspecified atom stereocenters. The molecule has 1 aromatic carbocycles. The Morgan fingerprint density at radius 1 is 1.19 bits per heavy atom. The van der Waals surface area contributed by atoms with Gasteiger partial charge in [-0.15, -0.1) is 11.8 Å². The van der Waals surface area contributed by atoms with Crippen molar-refractivity contribution >= 4 is 11.8 Å². The molecule has 0 bridgehead atoms. The van der Waals surface area contributed by atoms with E-state index in [9.17, 15) is 0 Å². The molecule has 0 saturated heterocycles. The molecule has 0 saturated carbocycles. The molecule has 1 aromatic rings. The lowest BCUT2D eigenvalue weighted by molar-refractivity contribution is 0.518. The fourth-order valence-electron chi connectivity index (χ4n) is 1.80. The van der Waals surface area contributed by atoms with E-state index < -0.39 is 0 Å². The molecule has 0 aliphatic carbocycles. The molecule has 0 fully saturated rings. The van der Waals surface area contributed by atoms with Crippen LogP contribution in [0.5, 0.6) is 0 Å². The number of thioether (sulfide) groups is 1. The lowest BCUT2D eigenvalue weighted by Gasteiger charge is -2.16. The highest BCUT2D eigenvalue weighted by Gasteiger charge is 2.07. The van der Waals surface area contributed by atoms with Gasteiger partial charge in [-0.2, -0.15) is 0 Å². The number of benzene rings is 1. The summed E-state index contributed by atoms with van der Waals surface area (Å²) in [6.45, 7) is 1.08. The third-order valence-corrected chi connectivity index (χ3v) is 3.53. The van der Waals surface area contributed by atoms with Gasteiger partial charge in [0.15, 0.2) is 0 Å². The molecule has 90 valence electrons. The fourth-order valence-corrected chi connectivity index (χ4v) is 2.21. The summed E-state index contributed by atoms with van der Waals surface area (Å²) in [5.41, 5.74) is 1.39. The van der Waals surface area contributed by atoms with Crippen LogP contribution in [0.3, 0.4) is 0 Å². The van der Waals surface area contributed by atoms with Crippen molar-refractivity contribution in [3.05, 3.63) is 29.8 Å². The van der Waals surface area contributed by atoms with Crippen LogP contribution in [0, 0.1) is 0 Å². The first kappa shape index (κ1) is 13.6. The Kier molecular flexibility index (Phi) is 6.53. The molecule has 2 nitrogen and oxygen atoms in total. The second-order valence-electron chi connectivity index (χ2n) is 3.86. The number of hydrogen-bond donors (Lipinski definition) is 2. The van der Waals surface area contributed by atoms with Crippen molar-refractivity contribution in [1.82, 2.24) is 10.6 Å². The minimum atomic E-state index is 0.476. The van der Waals surface area contributed by atoms with Crippen molar-refractivity contribution in [3.8, 4) is 0 Å². The molecule has 0 heterocycles. The van der Waals surface area contributed by atoms with E-state index >= 15 is 0 Å². The summed E-state index contributed by atoms with van der Waals surface area (Å²) in [6, 6.07) is 9.33. The Balaban J connectivity index is 2.56. The predicted octanol–water partition coefficient (Wildman–Crippen LogP) is 2.67. The summed E-state index contributed by atoms with van der Waals surface area (Å²) < 4.78 is 0. The van der Waals surface area contributed by atoms with Gasteiger partial charge in [-0.3, -0.25) is 0 Å². The third kappa shape index (κ3) is 4.16. The summed E-state index contributed by atoms with van der Waals surface area (Å²) in [6.07, 6.45) is 4.49. The van der Waals surface area contributed by atoms with Crippen LogP contribution in [0.15, 0.2) is 29.2 Å². The van der Waals surface area contributed by atoms with Crippen LogP contribution < -0.4 is 10.6 Å². The van der Waals surface area contributed by atoms with Gasteiger partial charge in [-0.1, -0.05) is 12.1 Å². The number of nitrogens with one attached hydrogen (secondary N) is 2. The Labute approximate surface area is 103 Å².